The van der Waals surface area contributed by atoms with Crippen LogP contribution in [0.2, 0.25) is 0 Å². The average Bonchev–Trinajstić information content (AvgIpc) is 3.48. The number of rotatable bonds is 7. The van der Waals surface area contributed by atoms with E-state index in [2.05, 4.69) is 41.0 Å². The van der Waals surface area contributed by atoms with Crippen molar-refractivity contribution in [2.24, 2.45) is 0 Å². The van der Waals surface area contributed by atoms with E-state index in [4.69, 9.17) is 4.74 Å². The summed E-state index contributed by atoms with van der Waals surface area (Å²) in [6.07, 6.45) is 1.35. The molecule has 1 atom stereocenters. The summed E-state index contributed by atoms with van der Waals surface area (Å²) in [7, 11) is 0. The largest absolute Gasteiger partial charge is 0.450 e. The zero-order valence-electron chi connectivity index (χ0n) is 24.9. The Morgan fingerprint density at radius 1 is 0.976 bits per heavy atom. The Labute approximate surface area is 245 Å². The Bertz CT molecular complexity index is 1610. The van der Waals surface area contributed by atoms with Crippen LogP contribution in [0.5, 0.6) is 0 Å². The number of nitrogens with zero attached hydrogens (tertiary/aromatic N) is 5. The monoisotopic (exact) mass is 570 g/mol. The number of hydrogen-bond donors (Lipinski definition) is 1. The van der Waals surface area contributed by atoms with Gasteiger partial charge in [-0.3, -0.25) is 14.3 Å². The van der Waals surface area contributed by atoms with Crippen LogP contribution in [0.1, 0.15) is 52.8 Å². The predicted octanol–water partition coefficient (Wildman–Crippen LogP) is 4.93. The van der Waals surface area contributed by atoms with Gasteiger partial charge in [0.05, 0.1) is 18.0 Å². The Balaban J connectivity index is 1.27. The molecule has 2 aromatic carbocycles. The van der Waals surface area contributed by atoms with Gasteiger partial charge >= 0.3 is 6.09 Å². The molecule has 0 radical (unpaired) electrons. The number of anilines is 1. The maximum absolute atomic E-state index is 13.3. The smallest absolute Gasteiger partial charge is 0.409 e. The Hall–Kier alpha value is -4.60. The van der Waals surface area contributed by atoms with Gasteiger partial charge in [-0.1, -0.05) is 30.3 Å². The molecule has 1 aliphatic rings. The van der Waals surface area contributed by atoms with Crippen molar-refractivity contribution < 1.29 is 19.1 Å². The minimum Gasteiger partial charge on any atom is -0.450 e. The summed E-state index contributed by atoms with van der Waals surface area (Å²) < 4.78 is 8.93. The first-order valence-corrected chi connectivity index (χ1v) is 14.4. The zero-order valence-corrected chi connectivity index (χ0v) is 24.9. The highest BCUT2D eigenvalue weighted by molar-refractivity contribution is 6.07. The van der Waals surface area contributed by atoms with E-state index in [0.717, 1.165) is 23.0 Å². The molecular formula is C32H38N6O4. The fraction of sp³-hybridized carbons (Fsp3) is 0.375. The number of carbonyl (C=O) groups excluding carboxylic acids is 3. The third-order valence-corrected chi connectivity index (χ3v) is 8.12. The molecule has 220 valence electrons. The third-order valence-electron chi connectivity index (χ3n) is 8.12. The molecule has 1 fully saturated rings. The first-order chi connectivity index (χ1) is 20.2. The second-order valence-corrected chi connectivity index (χ2v) is 10.8. The van der Waals surface area contributed by atoms with Gasteiger partial charge < -0.3 is 24.4 Å². The number of piperazine rings is 1. The van der Waals surface area contributed by atoms with Gasteiger partial charge in [-0.25, -0.2) is 4.79 Å². The lowest BCUT2D eigenvalue weighted by atomic mass is 10.1. The van der Waals surface area contributed by atoms with Crippen molar-refractivity contribution >= 4 is 34.5 Å². The molecule has 1 aliphatic heterocycles. The van der Waals surface area contributed by atoms with Gasteiger partial charge in [-0.15, -0.1) is 0 Å². The molecule has 4 aromatic rings. The summed E-state index contributed by atoms with van der Waals surface area (Å²) in [5.74, 6) is -0.323. The van der Waals surface area contributed by atoms with E-state index in [-0.39, 0.29) is 17.9 Å². The minimum absolute atomic E-state index is 0.0878. The molecule has 0 spiro atoms. The first kappa shape index (κ1) is 28.9. The highest BCUT2D eigenvalue weighted by Crippen LogP contribution is 2.28. The summed E-state index contributed by atoms with van der Waals surface area (Å²) in [6.45, 7) is 12.4. The fourth-order valence-corrected chi connectivity index (χ4v) is 5.46. The average molecular weight is 571 g/mol. The second-order valence-electron chi connectivity index (χ2n) is 10.8. The van der Waals surface area contributed by atoms with Crippen molar-refractivity contribution in [3.8, 4) is 0 Å². The molecule has 1 unspecified atom stereocenters. The summed E-state index contributed by atoms with van der Waals surface area (Å²) in [6, 6.07) is 15.6. The normalized spacial score (nSPS) is 14.2. The van der Waals surface area contributed by atoms with Crippen LogP contribution in [-0.4, -0.2) is 74.8 Å². The zero-order chi connectivity index (χ0) is 30.0. The van der Waals surface area contributed by atoms with Crippen LogP contribution in [0.3, 0.4) is 0 Å². The van der Waals surface area contributed by atoms with E-state index in [1.807, 2.05) is 43.3 Å². The minimum atomic E-state index is -0.560. The lowest BCUT2D eigenvalue weighted by Gasteiger charge is -2.35. The quantitative estimate of drug-likeness (QED) is 0.340. The van der Waals surface area contributed by atoms with E-state index in [1.54, 1.807) is 34.5 Å². The second kappa shape index (κ2) is 12.1. The van der Waals surface area contributed by atoms with Crippen LogP contribution in [0.4, 0.5) is 10.5 Å². The van der Waals surface area contributed by atoms with E-state index in [1.165, 1.54) is 11.3 Å². The van der Waals surface area contributed by atoms with Crippen LogP contribution in [0.15, 0.2) is 54.7 Å². The van der Waals surface area contributed by atoms with E-state index in [9.17, 15) is 14.4 Å². The van der Waals surface area contributed by atoms with Crippen molar-refractivity contribution in [2.45, 2.75) is 47.2 Å². The summed E-state index contributed by atoms with van der Waals surface area (Å²) in [5, 5.41) is 8.56. The predicted molar refractivity (Wildman–Crippen MR) is 162 cm³/mol. The Morgan fingerprint density at radius 3 is 2.36 bits per heavy atom. The van der Waals surface area contributed by atoms with Gasteiger partial charge in [-0.05, 0) is 63.9 Å². The molecule has 0 aliphatic carbocycles. The molecule has 1 saturated heterocycles. The molecular weight excluding hydrogens is 532 g/mol. The SMILES string of the molecule is CCOC(=O)N1CCN(C(=O)C(C)n2cc(NC(=O)c3ccc4c(c3)c(C)c(C)n4Cc3ccccc3)c(C)n2)CC1. The number of benzene rings is 2. The first-order valence-electron chi connectivity index (χ1n) is 14.4. The molecule has 10 heteroatoms. The summed E-state index contributed by atoms with van der Waals surface area (Å²) in [5.41, 5.74) is 6.36. The molecule has 0 bridgehead atoms. The van der Waals surface area contributed by atoms with E-state index >= 15 is 0 Å². The molecule has 10 nitrogen and oxygen atoms in total. The van der Waals surface area contributed by atoms with Crippen LogP contribution in [-0.2, 0) is 16.1 Å². The highest BCUT2D eigenvalue weighted by atomic mass is 16.6. The Kier molecular flexibility index (Phi) is 8.33. The lowest BCUT2D eigenvalue weighted by molar-refractivity contribution is -0.136. The number of ether oxygens (including phenoxy) is 1. The summed E-state index contributed by atoms with van der Waals surface area (Å²) >= 11 is 0. The Morgan fingerprint density at radius 2 is 1.67 bits per heavy atom. The van der Waals surface area contributed by atoms with Crippen molar-refractivity contribution in [1.29, 1.82) is 0 Å². The number of nitrogens with one attached hydrogen (secondary N) is 1. The van der Waals surface area contributed by atoms with Crippen molar-refractivity contribution in [2.75, 3.05) is 38.1 Å². The maximum Gasteiger partial charge on any atom is 0.409 e. The molecule has 1 N–H and O–H groups in total. The van der Waals surface area contributed by atoms with Gasteiger partial charge in [0.15, 0.2) is 0 Å². The molecule has 0 saturated carbocycles. The van der Waals surface area contributed by atoms with Gasteiger partial charge in [0.1, 0.15) is 6.04 Å². The van der Waals surface area contributed by atoms with Crippen molar-refractivity contribution in [3.05, 3.63) is 82.8 Å². The number of aryl methyl sites for hydroxylation is 2. The van der Waals surface area contributed by atoms with Crippen LogP contribution in [0.25, 0.3) is 10.9 Å². The number of carbonyl (C=O) groups is 3. The van der Waals surface area contributed by atoms with Crippen LogP contribution < -0.4 is 5.32 Å². The maximum atomic E-state index is 13.3. The van der Waals surface area contributed by atoms with Gasteiger partial charge in [0.2, 0.25) is 5.91 Å². The van der Waals surface area contributed by atoms with Crippen LogP contribution in [0, 0.1) is 20.8 Å². The van der Waals surface area contributed by atoms with Gasteiger partial charge in [0, 0.05) is 61.1 Å². The number of hydrogen-bond acceptors (Lipinski definition) is 5. The van der Waals surface area contributed by atoms with Gasteiger partial charge in [-0.2, -0.15) is 5.10 Å². The molecule has 3 amide bonds. The van der Waals surface area contributed by atoms with Crippen LogP contribution >= 0.6 is 0 Å². The van der Waals surface area contributed by atoms with E-state index in [0.29, 0.717) is 49.7 Å². The topological polar surface area (TPSA) is 102 Å². The van der Waals surface area contributed by atoms with E-state index < -0.39 is 6.04 Å². The van der Waals surface area contributed by atoms with Crippen molar-refractivity contribution in [1.82, 2.24) is 24.1 Å². The lowest BCUT2D eigenvalue weighted by Crippen LogP contribution is -2.52. The van der Waals surface area contributed by atoms with Crippen molar-refractivity contribution in [3.63, 3.8) is 0 Å². The molecule has 5 rings (SSSR count). The third kappa shape index (κ3) is 5.74. The summed E-state index contributed by atoms with van der Waals surface area (Å²) in [4.78, 5) is 41.9. The molecule has 42 heavy (non-hydrogen) atoms. The molecule has 3 heterocycles. The number of amides is 3. The number of aromatic nitrogens is 3. The number of fused-ring (bicyclic) bond motifs is 1. The van der Waals surface area contributed by atoms with Gasteiger partial charge in [0.25, 0.3) is 5.91 Å². The molecule has 2 aromatic heterocycles. The fourth-order valence-electron chi connectivity index (χ4n) is 5.46. The standard InChI is InChI=1S/C32H38N6O4/c1-6-42-32(41)36-16-14-35(15-17-36)31(40)24(5)38-20-28(22(3)34-38)33-30(39)26-12-13-29-27(18-26)21(2)23(4)37(29)19-25-10-8-7-9-11-25/h7-13,18,20,24H,6,14-17,19H2,1-5H3,(H,33,39). The highest BCUT2D eigenvalue weighted by Gasteiger charge is 2.29.